The third kappa shape index (κ3) is 3.58. The van der Waals surface area contributed by atoms with Gasteiger partial charge >= 0.3 is 0 Å². The summed E-state index contributed by atoms with van der Waals surface area (Å²) in [7, 11) is 0. The lowest BCUT2D eigenvalue weighted by Gasteiger charge is -2.09. The lowest BCUT2D eigenvalue weighted by molar-refractivity contribution is -0.116. The minimum atomic E-state index is -0.263. The van der Waals surface area contributed by atoms with Gasteiger partial charge in [-0.3, -0.25) is 9.36 Å². The van der Waals surface area contributed by atoms with Crippen molar-refractivity contribution >= 4 is 11.7 Å². The van der Waals surface area contributed by atoms with Gasteiger partial charge in [-0.2, -0.15) is 10.4 Å². The Morgan fingerprint density at radius 2 is 2.04 bits per heavy atom. The molecule has 0 radical (unpaired) electrons. The van der Waals surface area contributed by atoms with Gasteiger partial charge in [0.1, 0.15) is 24.8 Å². The van der Waals surface area contributed by atoms with E-state index in [4.69, 9.17) is 10.4 Å². The number of hydrogen-bond acceptors (Lipinski definition) is 5. The molecule has 0 atom stereocenters. The highest BCUT2D eigenvalue weighted by Crippen LogP contribution is 2.35. The van der Waals surface area contributed by atoms with Crippen LogP contribution in [0.25, 0.3) is 5.69 Å². The first-order chi connectivity index (χ1) is 13.2. The maximum absolute atomic E-state index is 12.5. The monoisotopic (exact) mass is 361 g/mol. The van der Waals surface area contributed by atoms with Crippen LogP contribution in [0, 0.1) is 11.3 Å². The molecule has 2 heterocycles. The minimum Gasteiger partial charge on any atom is -0.309 e. The number of carbonyl (C=O) groups is 1. The van der Waals surface area contributed by atoms with Crippen LogP contribution in [-0.2, 0) is 11.3 Å². The summed E-state index contributed by atoms with van der Waals surface area (Å²) in [4.78, 5) is 12.5. The van der Waals surface area contributed by atoms with Crippen LogP contribution in [0.5, 0.6) is 0 Å². The van der Waals surface area contributed by atoms with Gasteiger partial charge in [0.25, 0.3) is 0 Å². The molecule has 4 rings (SSSR count). The number of benzene rings is 1. The zero-order chi connectivity index (χ0) is 18.6. The fourth-order valence-electron chi connectivity index (χ4n) is 3.47. The Balaban J connectivity index is 1.60. The Bertz CT molecular complexity index is 977. The van der Waals surface area contributed by atoms with Crippen molar-refractivity contribution in [1.29, 1.82) is 5.26 Å². The third-order valence-electron chi connectivity index (χ3n) is 4.80. The average molecular weight is 361 g/mol. The first kappa shape index (κ1) is 17.0. The van der Waals surface area contributed by atoms with Crippen LogP contribution >= 0.6 is 0 Å². The molecule has 8 nitrogen and oxygen atoms in total. The van der Waals surface area contributed by atoms with Crippen LogP contribution in [-0.4, -0.2) is 30.5 Å². The summed E-state index contributed by atoms with van der Waals surface area (Å²) in [5, 5.41) is 24.0. The number of para-hydroxylation sites is 1. The predicted octanol–water partition coefficient (Wildman–Crippen LogP) is 2.63. The topological polar surface area (TPSA) is 101 Å². The van der Waals surface area contributed by atoms with E-state index in [0.717, 1.165) is 24.2 Å². The van der Waals surface area contributed by atoms with Crippen molar-refractivity contribution in [2.45, 2.75) is 38.1 Å². The zero-order valence-electron chi connectivity index (χ0n) is 14.7. The van der Waals surface area contributed by atoms with Gasteiger partial charge in [0, 0.05) is 12.0 Å². The van der Waals surface area contributed by atoms with Gasteiger partial charge in [-0.1, -0.05) is 31.0 Å². The molecule has 0 aliphatic heterocycles. The summed E-state index contributed by atoms with van der Waals surface area (Å²) in [5.74, 6) is 0.906. The molecule has 1 saturated carbocycles. The number of anilines is 1. The van der Waals surface area contributed by atoms with Crippen molar-refractivity contribution in [3.05, 3.63) is 54.2 Å². The van der Waals surface area contributed by atoms with Crippen molar-refractivity contribution in [3.8, 4) is 11.8 Å². The predicted molar refractivity (Wildman–Crippen MR) is 98.1 cm³/mol. The van der Waals surface area contributed by atoms with E-state index in [1.54, 1.807) is 4.68 Å². The van der Waals surface area contributed by atoms with Crippen LogP contribution in [0.1, 0.15) is 43.1 Å². The normalized spacial score (nSPS) is 14.2. The number of hydrogen-bond donors (Lipinski definition) is 1. The smallest absolute Gasteiger partial charge is 0.245 e. The largest absolute Gasteiger partial charge is 0.309 e. The number of aromatic nitrogens is 5. The maximum atomic E-state index is 12.5. The summed E-state index contributed by atoms with van der Waals surface area (Å²) in [6, 6.07) is 13.6. The molecule has 1 aromatic carbocycles. The fourth-order valence-corrected chi connectivity index (χ4v) is 3.47. The van der Waals surface area contributed by atoms with Crippen LogP contribution in [0.3, 0.4) is 0 Å². The number of nitrogens with zero attached hydrogens (tertiary/aromatic N) is 6. The van der Waals surface area contributed by atoms with Gasteiger partial charge in [-0.15, -0.1) is 10.2 Å². The first-order valence-corrected chi connectivity index (χ1v) is 8.98. The highest BCUT2D eigenvalue weighted by Gasteiger charge is 2.22. The highest BCUT2D eigenvalue weighted by atomic mass is 16.2. The van der Waals surface area contributed by atoms with E-state index in [1.165, 1.54) is 23.7 Å². The molecule has 2 aromatic heterocycles. The molecular weight excluding hydrogens is 342 g/mol. The number of amides is 1. The summed E-state index contributed by atoms with van der Waals surface area (Å²) in [6.07, 6.45) is 6.07. The number of nitrogens with one attached hydrogen (secondary N) is 1. The van der Waals surface area contributed by atoms with Gasteiger partial charge in [0.2, 0.25) is 11.7 Å². The van der Waals surface area contributed by atoms with E-state index in [0.29, 0.717) is 11.7 Å². The number of nitriles is 1. The molecule has 1 N–H and O–H groups in total. The SMILES string of the molecule is N#Cc1nncn1CC(=O)Nc1cc(C2CCCC2)nn1-c1ccccc1. The maximum Gasteiger partial charge on any atom is 0.245 e. The van der Waals surface area contributed by atoms with Crippen LogP contribution < -0.4 is 5.32 Å². The molecule has 0 saturated heterocycles. The molecule has 1 aliphatic rings. The molecule has 0 bridgehead atoms. The summed E-state index contributed by atoms with van der Waals surface area (Å²) in [6.45, 7) is -0.0331. The summed E-state index contributed by atoms with van der Waals surface area (Å²) < 4.78 is 3.18. The van der Waals surface area contributed by atoms with E-state index in [1.807, 2.05) is 42.5 Å². The van der Waals surface area contributed by atoms with E-state index >= 15 is 0 Å². The molecule has 0 spiro atoms. The molecule has 1 amide bonds. The molecule has 1 aliphatic carbocycles. The van der Waals surface area contributed by atoms with Gasteiger partial charge < -0.3 is 5.32 Å². The van der Waals surface area contributed by atoms with Crippen molar-refractivity contribution in [1.82, 2.24) is 24.5 Å². The molecule has 0 unspecified atom stereocenters. The number of carbonyl (C=O) groups excluding carboxylic acids is 1. The van der Waals surface area contributed by atoms with Crippen molar-refractivity contribution in [2.75, 3.05) is 5.32 Å². The van der Waals surface area contributed by atoms with Gasteiger partial charge in [0.15, 0.2) is 0 Å². The third-order valence-corrected chi connectivity index (χ3v) is 4.80. The Hall–Kier alpha value is -3.47. The van der Waals surface area contributed by atoms with Crippen molar-refractivity contribution in [3.63, 3.8) is 0 Å². The van der Waals surface area contributed by atoms with Crippen LogP contribution in [0.15, 0.2) is 42.7 Å². The highest BCUT2D eigenvalue weighted by molar-refractivity contribution is 5.90. The Labute approximate surface area is 156 Å². The molecule has 1 fully saturated rings. The number of rotatable bonds is 5. The quantitative estimate of drug-likeness (QED) is 0.753. The van der Waals surface area contributed by atoms with Crippen molar-refractivity contribution < 1.29 is 4.79 Å². The lowest BCUT2D eigenvalue weighted by Crippen LogP contribution is -2.21. The minimum absolute atomic E-state index is 0.0331. The molecule has 3 aromatic rings. The summed E-state index contributed by atoms with van der Waals surface area (Å²) >= 11 is 0. The first-order valence-electron chi connectivity index (χ1n) is 8.98. The molecule has 136 valence electrons. The standard InChI is InChI=1S/C19H19N7O/c20-11-18-23-21-13-25(18)12-19(27)22-17-10-16(14-6-4-5-7-14)24-26(17)15-8-2-1-3-9-15/h1-3,8-10,13-14H,4-7,12H2,(H,22,27). The summed E-state index contributed by atoms with van der Waals surface area (Å²) in [5.41, 5.74) is 1.90. The second kappa shape index (κ2) is 7.41. The van der Waals surface area contributed by atoms with E-state index in [9.17, 15) is 4.79 Å². The fraction of sp³-hybridized carbons (Fsp3) is 0.316. The zero-order valence-corrected chi connectivity index (χ0v) is 14.7. The Kier molecular flexibility index (Phi) is 4.66. The van der Waals surface area contributed by atoms with Crippen LogP contribution in [0.4, 0.5) is 5.82 Å². The van der Waals surface area contributed by atoms with Crippen LogP contribution in [0.2, 0.25) is 0 Å². The van der Waals surface area contributed by atoms with Gasteiger partial charge in [-0.05, 0) is 25.0 Å². The second-order valence-corrected chi connectivity index (χ2v) is 6.63. The van der Waals surface area contributed by atoms with E-state index < -0.39 is 0 Å². The lowest BCUT2D eigenvalue weighted by atomic mass is 10.0. The Morgan fingerprint density at radius 1 is 1.26 bits per heavy atom. The van der Waals surface area contributed by atoms with Crippen molar-refractivity contribution in [2.24, 2.45) is 0 Å². The average Bonchev–Trinajstić information content (AvgIpc) is 3.43. The molecule has 8 heteroatoms. The van der Waals surface area contributed by atoms with E-state index in [2.05, 4.69) is 15.5 Å². The Morgan fingerprint density at radius 3 is 2.78 bits per heavy atom. The van der Waals surface area contributed by atoms with E-state index in [-0.39, 0.29) is 18.3 Å². The molecule has 27 heavy (non-hydrogen) atoms. The van der Waals surface area contributed by atoms with Gasteiger partial charge in [0.05, 0.1) is 11.4 Å². The second-order valence-electron chi connectivity index (χ2n) is 6.63. The van der Waals surface area contributed by atoms with Gasteiger partial charge in [-0.25, -0.2) is 4.68 Å². The molecular formula is C19H19N7O.